The molecule has 0 atom stereocenters. The lowest BCUT2D eigenvalue weighted by Gasteiger charge is -2.21. The first kappa shape index (κ1) is 18.5. The summed E-state index contributed by atoms with van der Waals surface area (Å²) in [5.41, 5.74) is 0.982. The first-order valence-corrected chi connectivity index (χ1v) is 9.09. The van der Waals surface area contributed by atoms with Crippen molar-refractivity contribution >= 4 is 32.8 Å². The molecular weight excluding hydrogens is 402 g/mol. The van der Waals surface area contributed by atoms with E-state index in [0.29, 0.717) is 27.3 Å². The van der Waals surface area contributed by atoms with Crippen LogP contribution in [0.1, 0.15) is 30.0 Å². The Morgan fingerprint density at radius 2 is 2.15 bits per heavy atom. The Morgan fingerprint density at radius 3 is 2.81 bits per heavy atom. The predicted molar refractivity (Wildman–Crippen MR) is 100 cm³/mol. The Bertz CT molecular complexity index is 885. The number of aliphatic hydroxyl groups excluding tert-OH is 1. The minimum atomic E-state index is -0.238. The quantitative estimate of drug-likeness (QED) is 0.618. The molecule has 0 aliphatic rings. The number of furan rings is 2. The van der Waals surface area contributed by atoms with Crippen molar-refractivity contribution < 1.29 is 23.5 Å². The molecule has 0 saturated heterocycles. The van der Waals surface area contributed by atoms with Crippen molar-refractivity contribution in [3.63, 3.8) is 0 Å². The summed E-state index contributed by atoms with van der Waals surface area (Å²) in [7, 11) is 0. The van der Waals surface area contributed by atoms with Gasteiger partial charge in [0.15, 0.2) is 4.67 Å². The third-order valence-electron chi connectivity index (χ3n) is 3.76. The molecule has 0 aliphatic carbocycles. The minimum absolute atomic E-state index is 0.0473. The maximum Gasteiger partial charge on any atom is 0.254 e. The van der Waals surface area contributed by atoms with E-state index in [9.17, 15) is 9.90 Å². The number of carbonyl (C=O) groups is 1. The maximum absolute atomic E-state index is 13.0. The molecule has 0 fully saturated rings. The predicted octanol–water partition coefficient (Wildman–Crippen LogP) is 4.21. The van der Waals surface area contributed by atoms with Gasteiger partial charge in [-0.3, -0.25) is 4.79 Å². The molecule has 0 bridgehead atoms. The third-order valence-corrected chi connectivity index (χ3v) is 4.15. The molecule has 6 nitrogen and oxygen atoms in total. The average molecular weight is 422 g/mol. The molecule has 138 valence electrons. The lowest BCUT2D eigenvalue weighted by atomic mass is 10.1. The van der Waals surface area contributed by atoms with Gasteiger partial charge in [0.2, 0.25) is 0 Å². The van der Waals surface area contributed by atoms with Crippen molar-refractivity contribution in [2.45, 2.75) is 26.5 Å². The molecular formula is C19H20BrNO5. The van der Waals surface area contributed by atoms with Crippen LogP contribution < -0.4 is 4.74 Å². The number of carbonyl (C=O) groups excluding carboxylic acids is 1. The smallest absolute Gasteiger partial charge is 0.254 e. The molecule has 1 N–H and O–H groups in total. The van der Waals surface area contributed by atoms with E-state index < -0.39 is 0 Å². The molecule has 7 heteroatoms. The summed E-state index contributed by atoms with van der Waals surface area (Å²) >= 11 is 3.32. The van der Waals surface area contributed by atoms with Gasteiger partial charge in [-0.1, -0.05) is 0 Å². The van der Waals surface area contributed by atoms with Crippen molar-refractivity contribution in [2.75, 3.05) is 13.2 Å². The van der Waals surface area contributed by atoms with Crippen molar-refractivity contribution in [1.82, 2.24) is 4.90 Å². The largest absolute Gasteiger partial charge is 0.490 e. The molecule has 1 amide bonds. The van der Waals surface area contributed by atoms with Crippen LogP contribution in [0.4, 0.5) is 0 Å². The van der Waals surface area contributed by atoms with Gasteiger partial charge in [-0.2, -0.15) is 0 Å². The van der Waals surface area contributed by atoms with Crippen LogP contribution in [0.3, 0.4) is 0 Å². The molecule has 2 aromatic heterocycles. The zero-order chi connectivity index (χ0) is 18.7. The second kappa shape index (κ2) is 7.97. The number of fused-ring (bicyclic) bond motifs is 1. The van der Waals surface area contributed by atoms with Gasteiger partial charge in [0.1, 0.15) is 17.1 Å². The molecule has 3 rings (SSSR count). The number of hydrogen-bond donors (Lipinski definition) is 1. The van der Waals surface area contributed by atoms with Crippen LogP contribution in [-0.4, -0.2) is 35.2 Å². The van der Waals surface area contributed by atoms with Gasteiger partial charge in [-0.15, -0.1) is 0 Å². The summed E-state index contributed by atoms with van der Waals surface area (Å²) in [6.45, 7) is 4.16. The molecule has 0 aliphatic heterocycles. The topological polar surface area (TPSA) is 76.0 Å². The van der Waals surface area contributed by atoms with E-state index in [1.54, 1.807) is 30.5 Å². The number of aliphatic hydroxyl groups is 1. The highest BCUT2D eigenvalue weighted by Crippen LogP contribution is 2.33. The van der Waals surface area contributed by atoms with Gasteiger partial charge in [-0.25, -0.2) is 0 Å². The SMILES string of the molecule is CC(C)Oc1cc(C(=O)N(CCO)Cc2ccco2)cc2oc(Br)cc12. The van der Waals surface area contributed by atoms with Gasteiger partial charge >= 0.3 is 0 Å². The molecule has 0 spiro atoms. The van der Waals surface area contributed by atoms with E-state index in [1.807, 2.05) is 19.9 Å². The summed E-state index contributed by atoms with van der Waals surface area (Å²) in [5, 5.41) is 10.1. The summed E-state index contributed by atoms with van der Waals surface area (Å²) in [6.07, 6.45) is 1.51. The summed E-state index contributed by atoms with van der Waals surface area (Å²) in [4.78, 5) is 14.5. The molecule has 0 saturated carbocycles. The number of ether oxygens (including phenoxy) is 1. The van der Waals surface area contributed by atoms with Crippen molar-refractivity contribution in [3.8, 4) is 5.75 Å². The number of nitrogens with zero attached hydrogens (tertiary/aromatic N) is 1. The Hall–Kier alpha value is -2.25. The highest BCUT2D eigenvalue weighted by Gasteiger charge is 2.21. The van der Waals surface area contributed by atoms with Crippen molar-refractivity contribution in [2.24, 2.45) is 0 Å². The third kappa shape index (κ3) is 4.11. The van der Waals surface area contributed by atoms with Crippen molar-refractivity contribution in [1.29, 1.82) is 0 Å². The monoisotopic (exact) mass is 421 g/mol. The molecule has 1 aromatic carbocycles. The van der Waals surface area contributed by atoms with Crippen LogP contribution in [-0.2, 0) is 6.54 Å². The first-order chi connectivity index (χ1) is 12.5. The van der Waals surface area contributed by atoms with E-state index in [2.05, 4.69) is 15.9 Å². The molecule has 0 radical (unpaired) electrons. The van der Waals surface area contributed by atoms with Gasteiger partial charge < -0.3 is 23.6 Å². The molecule has 0 unspecified atom stereocenters. The second-order valence-electron chi connectivity index (χ2n) is 6.13. The lowest BCUT2D eigenvalue weighted by Crippen LogP contribution is -2.33. The average Bonchev–Trinajstić information content (AvgIpc) is 3.21. The number of rotatable bonds is 7. The fourth-order valence-corrected chi connectivity index (χ4v) is 3.10. The summed E-state index contributed by atoms with van der Waals surface area (Å²) in [5.74, 6) is 0.989. The highest BCUT2D eigenvalue weighted by atomic mass is 79.9. The summed E-state index contributed by atoms with van der Waals surface area (Å²) in [6, 6.07) is 8.76. The van der Waals surface area contributed by atoms with Gasteiger partial charge in [0.05, 0.1) is 30.9 Å². The minimum Gasteiger partial charge on any atom is -0.490 e. The molecule has 3 aromatic rings. The normalized spacial score (nSPS) is 11.3. The van der Waals surface area contributed by atoms with E-state index in [1.165, 1.54) is 4.90 Å². The number of halogens is 1. The zero-order valence-electron chi connectivity index (χ0n) is 14.6. The van der Waals surface area contributed by atoms with Gasteiger partial charge in [0.25, 0.3) is 5.91 Å². The van der Waals surface area contributed by atoms with Crippen LogP contribution in [0.15, 0.2) is 50.1 Å². The maximum atomic E-state index is 13.0. The summed E-state index contributed by atoms with van der Waals surface area (Å²) < 4.78 is 17.4. The molecule has 2 heterocycles. The van der Waals surface area contributed by atoms with Gasteiger partial charge in [0, 0.05) is 18.2 Å². The van der Waals surface area contributed by atoms with Crippen LogP contribution in [0.25, 0.3) is 11.0 Å². The van der Waals surface area contributed by atoms with E-state index in [4.69, 9.17) is 13.6 Å². The Labute approximate surface area is 159 Å². The lowest BCUT2D eigenvalue weighted by molar-refractivity contribution is 0.0694. The highest BCUT2D eigenvalue weighted by molar-refractivity contribution is 9.10. The van der Waals surface area contributed by atoms with Crippen molar-refractivity contribution in [3.05, 3.63) is 52.6 Å². The fraction of sp³-hybridized carbons (Fsp3) is 0.316. The number of hydrogen-bond acceptors (Lipinski definition) is 5. The Morgan fingerprint density at radius 1 is 1.35 bits per heavy atom. The number of benzene rings is 1. The van der Waals surface area contributed by atoms with Crippen LogP contribution >= 0.6 is 15.9 Å². The van der Waals surface area contributed by atoms with Crippen LogP contribution in [0.2, 0.25) is 0 Å². The van der Waals surface area contributed by atoms with E-state index >= 15 is 0 Å². The molecule has 26 heavy (non-hydrogen) atoms. The Kier molecular flexibility index (Phi) is 5.68. The zero-order valence-corrected chi connectivity index (χ0v) is 16.2. The van der Waals surface area contributed by atoms with Crippen LogP contribution in [0, 0.1) is 0 Å². The second-order valence-corrected chi connectivity index (χ2v) is 6.91. The fourth-order valence-electron chi connectivity index (χ4n) is 2.70. The number of amides is 1. The van der Waals surface area contributed by atoms with Gasteiger partial charge in [-0.05, 0) is 54.0 Å². The van der Waals surface area contributed by atoms with E-state index in [-0.39, 0.29) is 31.7 Å². The first-order valence-electron chi connectivity index (χ1n) is 8.30. The Balaban J connectivity index is 1.97. The van der Waals surface area contributed by atoms with Crippen LogP contribution in [0.5, 0.6) is 5.75 Å². The van der Waals surface area contributed by atoms with E-state index in [0.717, 1.165) is 5.39 Å². The standard InChI is InChI=1S/C19H20BrNO5/c1-12(2)25-16-8-13(9-17-15(16)10-18(20)26-17)19(23)21(5-6-22)11-14-4-3-7-24-14/h3-4,7-10,12,22H,5-6,11H2,1-2H3.